The molecule has 1 N–H and O–H groups in total. The Labute approximate surface area is 175 Å². The van der Waals surface area contributed by atoms with Gasteiger partial charge in [-0.25, -0.2) is 5.43 Å². The smallest absolute Gasteiger partial charge is 0.416 e. The van der Waals surface area contributed by atoms with E-state index in [9.17, 15) is 18.0 Å². The molecule has 3 aromatic carbocycles. The lowest BCUT2D eigenvalue weighted by molar-refractivity contribution is -0.137. The average Bonchev–Trinajstić information content (AvgIpc) is 2.72. The van der Waals surface area contributed by atoms with Gasteiger partial charge < -0.3 is 4.74 Å². The van der Waals surface area contributed by atoms with Crippen LogP contribution in [0.3, 0.4) is 0 Å². The number of nitrogens with one attached hydrogen (secondary N) is 1. The SMILES string of the molecule is O=C(N/N=C\c1ccc(OCc2cccc(Cl)c2)cc1)c1ccc(C(F)(F)F)cc1. The highest BCUT2D eigenvalue weighted by Gasteiger charge is 2.30. The van der Waals surface area contributed by atoms with Gasteiger partial charge in [0.1, 0.15) is 12.4 Å². The number of amides is 1. The molecule has 0 bridgehead atoms. The summed E-state index contributed by atoms with van der Waals surface area (Å²) in [6.45, 7) is 0.372. The molecule has 1 amide bonds. The van der Waals surface area contributed by atoms with Crippen LogP contribution < -0.4 is 10.2 Å². The topological polar surface area (TPSA) is 50.7 Å². The fourth-order valence-electron chi connectivity index (χ4n) is 2.48. The second-order valence-corrected chi connectivity index (χ2v) is 6.70. The zero-order valence-corrected chi connectivity index (χ0v) is 16.2. The molecule has 0 unspecified atom stereocenters. The van der Waals surface area contributed by atoms with E-state index in [1.807, 2.05) is 18.2 Å². The van der Waals surface area contributed by atoms with Gasteiger partial charge in [0.25, 0.3) is 5.91 Å². The van der Waals surface area contributed by atoms with Crippen LogP contribution in [0.1, 0.15) is 27.0 Å². The normalized spacial score (nSPS) is 11.5. The Hall–Kier alpha value is -3.32. The molecule has 0 aromatic heterocycles. The summed E-state index contributed by atoms with van der Waals surface area (Å²) in [5, 5.41) is 4.46. The van der Waals surface area contributed by atoms with Crippen molar-refractivity contribution in [2.24, 2.45) is 5.10 Å². The Bertz CT molecular complexity index is 1030. The first-order valence-corrected chi connectivity index (χ1v) is 9.17. The van der Waals surface area contributed by atoms with Crippen molar-refractivity contribution < 1.29 is 22.7 Å². The van der Waals surface area contributed by atoms with Gasteiger partial charge in [0.2, 0.25) is 0 Å². The number of alkyl halides is 3. The highest BCUT2D eigenvalue weighted by atomic mass is 35.5. The number of hydrazone groups is 1. The van der Waals surface area contributed by atoms with Crippen molar-refractivity contribution in [1.82, 2.24) is 5.43 Å². The van der Waals surface area contributed by atoms with E-state index in [-0.39, 0.29) is 5.56 Å². The monoisotopic (exact) mass is 432 g/mol. The van der Waals surface area contributed by atoms with Gasteiger partial charge in [-0.3, -0.25) is 4.79 Å². The molecule has 8 heteroatoms. The molecular formula is C22H16ClF3N2O2. The zero-order chi connectivity index (χ0) is 21.6. The van der Waals surface area contributed by atoms with Gasteiger partial charge in [-0.05, 0) is 71.8 Å². The van der Waals surface area contributed by atoms with Crippen molar-refractivity contribution in [2.75, 3.05) is 0 Å². The minimum absolute atomic E-state index is 0.0740. The minimum atomic E-state index is -4.45. The summed E-state index contributed by atoms with van der Waals surface area (Å²) in [5.41, 5.74) is 3.18. The van der Waals surface area contributed by atoms with Crippen LogP contribution in [0.25, 0.3) is 0 Å². The maximum Gasteiger partial charge on any atom is 0.416 e. The summed E-state index contributed by atoms with van der Waals surface area (Å²) in [4.78, 5) is 12.0. The summed E-state index contributed by atoms with van der Waals surface area (Å²) >= 11 is 5.94. The highest BCUT2D eigenvalue weighted by Crippen LogP contribution is 2.29. The second kappa shape index (κ2) is 9.45. The van der Waals surface area contributed by atoms with Crippen molar-refractivity contribution in [3.05, 3.63) is 100 Å². The van der Waals surface area contributed by atoms with Gasteiger partial charge in [-0.1, -0.05) is 23.7 Å². The van der Waals surface area contributed by atoms with Crippen LogP contribution in [0.2, 0.25) is 5.02 Å². The van der Waals surface area contributed by atoms with Gasteiger partial charge in [0, 0.05) is 10.6 Å². The zero-order valence-electron chi connectivity index (χ0n) is 15.5. The van der Waals surface area contributed by atoms with E-state index in [4.69, 9.17) is 16.3 Å². The fourth-order valence-corrected chi connectivity index (χ4v) is 2.70. The molecule has 3 rings (SSSR count). The molecule has 0 radical (unpaired) electrons. The number of carbonyl (C=O) groups excluding carboxylic acids is 1. The minimum Gasteiger partial charge on any atom is -0.489 e. The van der Waals surface area contributed by atoms with Crippen molar-refractivity contribution in [1.29, 1.82) is 0 Å². The lowest BCUT2D eigenvalue weighted by Gasteiger charge is -2.07. The molecule has 0 aliphatic rings. The molecule has 0 spiro atoms. The molecule has 0 heterocycles. The first-order valence-electron chi connectivity index (χ1n) is 8.79. The number of halogens is 4. The molecule has 0 aliphatic heterocycles. The molecule has 0 saturated carbocycles. The summed E-state index contributed by atoms with van der Waals surface area (Å²) in [6, 6.07) is 18.3. The lowest BCUT2D eigenvalue weighted by Crippen LogP contribution is -2.18. The van der Waals surface area contributed by atoms with Crippen LogP contribution in [-0.2, 0) is 12.8 Å². The fraction of sp³-hybridized carbons (Fsp3) is 0.0909. The Morgan fingerprint density at radius 2 is 1.73 bits per heavy atom. The number of benzene rings is 3. The van der Waals surface area contributed by atoms with E-state index in [0.717, 1.165) is 29.8 Å². The van der Waals surface area contributed by atoms with Crippen molar-refractivity contribution in [2.45, 2.75) is 12.8 Å². The number of carbonyl (C=O) groups is 1. The van der Waals surface area contributed by atoms with Crippen molar-refractivity contribution in [3.63, 3.8) is 0 Å². The second-order valence-electron chi connectivity index (χ2n) is 6.26. The Kier molecular flexibility index (Phi) is 6.74. The Morgan fingerprint density at radius 3 is 2.37 bits per heavy atom. The molecule has 30 heavy (non-hydrogen) atoms. The Balaban J connectivity index is 1.51. The van der Waals surface area contributed by atoms with E-state index in [0.29, 0.717) is 22.9 Å². The van der Waals surface area contributed by atoms with Gasteiger partial charge in [-0.2, -0.15) is 18.3 Å². The van der Waals surface area contributed by atoms with Crippen LogP contribution in [0.5, 0.6) is 5.75 Å². The molecule has 4 nitrogen and oxygen atoms in total. The average molecular weight is 433 g/mol. The first kappa shape index (κ1) is 21.4. The molecule has 3 aromatic rings. The maximum absolute atomic E-state index is 12.6. The van der Waals surface area contributed by atoms with Crippen molar-refractivity contribution >= 4 is 23.7 Å². The standard InChI is InChI=1S/C22H16ClF3N2O2/c23-19-3-1-2-16(12-19)14-30-20-10-4-15(5-11-20)13-27-28-21(29)17-6-8-18(9-7-17)22(24,25)26/h1-13H,14H2,(H,28,29)/b27-13-. The summed E-state index contributed by atoms with van der Waals surface area (Å²) in [7, 11) is 0. The van der Waals surface area contributed by atoms with Crippen LogP contribution in [0, 0.1) is 0 Å². The molecule has 0 fully saturated rings. The summed E-state index contributed by atoms with van der Waals surface area (Å²) in [6.07, 6.45) is -3.03. The van der Waals surface area contributed by atoms with Crippen molar-refractivity contribution in [3.8, 4) is 5.75 Å². The van der Waals surface area contributed by atoms with Crippen LogP contribution in [0.15, 0.2) is 77.9 Å². The number of nitrogens with zero attached hydrogens (tertiary/aromatic N) is 1. The van der Waals surface area contributed by atoms with Gasteiger partial charge in [-0.15, -0.1) is 0 Å². The molecule has 0 aliphatic carbocycles. The van der Waals surface area contributed by atoms with Crippen LogP contribution in [-0.4, -0.2) is 12.1 Å². The van der Waals surface area contributed by atoms with Gasteiger partial charge in [0.15, 0.2) is 0 Å². The molecule has 0 atom stereocenters. The molecular weight excluding hydrogens is 417 g/mol. The third-order valence-electron chi connectivity index (χ3n) is 4.03. The van der Waals surface area contributed by atoms with E-state index in [1.165, 1.54) is 6.21 Å². The first-order chi connectivity index (χ1) is 14.3. The van der Waals surface area contributed by atoms with E-state index < -0.39 is 17.6 Å². The van der Waals surface area contributed by atoms with Gasteiger partial charge in [0.05, 0.1) is 11.8 Å². The van der Waals surface area contributed by atoms with E-state index in [2.05, 4.69) is 10.5 Å². The van der Waals surface area contributed by atoms with E-state index >= 15 is 0 Å². The number of rotatable bonds is 6. The quantitative estimate of drug-likeness (QED) is 0.401. The third-order valence-corrected chi connectivity index (χ3v) is 4.26. The predicted octanol–water partition coefficient (Wildman–Crippen LogP) is 5.70. The highest BCUT2D eigenvalue weighted by molar-refractivity contribution is 6.30. The van der Waals surface area contributed by atoms with Gasteiger partial charge >= 0.3 is 6.18 Å². The Morgan fingerprint density at radius 1 is 1.03 bits per heavy atom. The van der Waals surface area contributed by atoms with Crippen LogP contribution in [0.4, 0.5) is 13.2 Å². The van der Waals surface area contributed by atoms with Crippen LogP contribution >= 0.6 is 11.6 Å². The molecule has 154 valence electrons. The van der Waals surface area contributed by atoms with E-state index in [1.54, 1.807) is 30.3 Å². The third kappa shape index (κ3) is 6.09. The largest absolute Gasteiger partial charge is 0.489 e. The molecule has 0 saturated heterocycles. The number of ether oxygens (including phenoxy) is 1. The maximum atomic E-state index is 12.6. The number of hydrogen-bond donors (Lipinski definition) is 1. The summed E-state index contributed by atoms with van der Waals surface area (Å²) < 4.78 is 43.3. The lowest BCUT2D eigenvalue weighted by atomic mass is 10.1. The predicted molar refractivity (Wildman–Crippen MR) is 109 cm³/mol. The number of hydrogen-bond acceptors (Lipinski definition) is 3. The summed E-state index contributed by atoms with van der Waals surface area (Å²) in [5.74, 6) is 0.0439.